The summed E-state index contributed by atoms with van der Waals surface area (Å²) >= 11 is 0. The minimum absolute atomic E-state index is 0.153. The van der Waals surface area contributed by atoms with Gasteiger partial charge >= 0.3 is 11.9 Å². The van der Waals surface area contributed by atoms with Crippen LogP contribution in [0.15, 0.2) is 30.3 Å². The van der Waals surface area contributed by atoms with Crippen molar-refractivity contribution in [1.82, 2.24) is 9.80 Å². The van der Waals surface area contributed by atoms with Crippen molar-refractivity contribution in [3.05, 3.63) is 51.6 Å². The third-order valence-electron chi connectivity index (χ3n) is 4.55. The molecule has 2 aromatic rings. The summed E-state index contributed by atoms with van der Waals surface area (Å²) in [4.78, 5) is 58.3. The van der Waals surface area contributed by atoms with E-state index in [9.17, 15) is 29.3 Å². The van der Waals surface area contributed by atoms with Crippen LogP contribution in [-0.4, -0.2) is 87.1 Å². The van der Waals surface area contributed by atoms with Gasteiger partial charge in [0.1, 0.15) is 0 Å². The number of imide groups is 1. The number of hydrogen-bond donors (Lipinski definition) is 3. The van der Waals surface area contributed by atoms with Crippen LogP contribution in [0.25, 0.3) is 10.8 Å². The van der Waals surface area contributed by atoms with Gasteiger partial charge < -0.3 is 20.2 Å². The van der Waals surface area contributed by atoms with Gasteiger partial charge in [0.05, 0.1) is 16.9 Å². The number of aliphatic carboxylic acids is 2. The number of nitro groups is 1. The van der Waals surface area contributed by atoms with E-state index in [1.807, 2.05) is 19.0 Å². The lowest BCUT2D eigenvalue weighted by atomic mass is 9.93. The van der Waals surface area contributed by atoms with E-state index >= 15 is 0 Å². The first-order valence-electron chi connectivity index (χ1n) is 9.28. The number of carboxylic acid groups (broad SMARTS) is 2. The number of rotatable bonds is 7. The monoisotopic (exact) mass is 447 g/mol. The summed E-state index contributed by atoms with van der Waals surface area (Å²) in [5.74, 6) is -3.68. The number of likely N-dealkylation sites (N-methyl/N-ethyl adjacent to an activating group) is 1. The van der Waals surface area contributed by atoms with Crippen LogP contribution >= 0.6 is 0 Å². The molecule has 0 saturated heterocycles. The van der Waals surface area contributed by atoms with Crippen LogP contribution in [0.1, 0.15) is 27.1 Å². The maximum absolute atomic E-state index is 12.7. The molecule has 12 nitrogen and oxygen atoms in total. The van der Waals surface area contributed by atoms with E-state index < -0.39 is 35.3 Å². The van der Waals surface area contributed by atoms with E-state index in [0.717, 1.165) is 4.90 Å². The largest absolute Gasteiger partial charge is 0.481 e. The highest BCUT2D eigenvalue weighted by Gasteiger charge is 2.34. The first-order chi connectivity index (χ1) is 14.9. The summed E-state index contributed by atoms with van der Waals surface area (Å²) in [6.07, 6.45) is -2.54. The average molecular weight is 447 g/mol. The van der Waals surface area contributed by atoms with Gasteiger partial charge in [-0.3, -0.25) is 29.4 Å². The lowest BCUT2D eigenvalue weighted by Crippen LogP contribution is -2.43. The van der Waals surface area contributed by atoms with Crippen molar-refractivity contribution in [2.75, 3.05) is 27.2 Å². The van der Waals surface area contributed by atoms with Crippen molar-refractivity contribution < 1.29 is 39.4 Å². The first-order valence-corrected chi connectivity index (χ1v) is 9.28. The number of carbonyl (C=O) groups is 4. The summed E-state index contributed by atoms with van der Waals surface area (Å²) in [6.45, 7) is 0.765. The molecule has 1 heterocycles. The summed E-state index contributed by atoms with van der Waals surface area (Å²) in [5, 5.41) is 36.3. The highest BCUT2D eigenvalue weighted by molar-refractivity contribution is 6.25. The van der Waals surface area contributed by atoms with Crippen molar-refractivity contribution in [2.45, 2.75) is 12.5 Å². The minimum atomic E-state index is -1.79. The third kappa shape index (κ3) is 5.42. The van der Waals surface area contributed by atoms with E-state index in [1.165, 1.54) is 12.1 Å². The molecule has 1 unspecified atom stereocenters. The number of nitro benzene ring substituents is 1. The molecule has 0 saturated carbocycles. The Morgan fingerprint density at radius 2 is 1.75 bits per heavy atom. The molecule has 3 rings (SSSR count). The fourth-order valence-electron chi connectivity index (χ4n) is 3.00. The number of amides is 2. The van der Waals surface area contributed by atoms with Gasteiger partial charge in [0.25, 0.3) is 17.5 Å². The number of carboxylic acids is 2. The zero-order valence-corrected chi connectivity index (χ0v) is 17.2. The number of benzene rings is 2. The summed E-state index contributed by atoms with van der Waals surface area (Å²) in [6, 6.07) is 7.63. The van der Waals surface area contributed by atoms with E-state index in [4.69, 9.17) is 15.3 Å². The molecule has 12 heteroatoms. The molecule has 0 fully saturated rings. The van der Waals surface area contributed by atoms with Crippen molar-refractivity contribution in [1.29, 1.82) is 0 Å². The zero-order chi connectivity index (χ0) is 24.2. The van der Waals surface area contributed by atoms with Crippen LogP contribution in [0, 0.1) is 10.1 Å². The molecule has 0 spiro atoms. The second-order valence-corrected chi connectivity index (χ2v) is 7.17. The molecule has 0 radical (unpaired) electrons. The highest BCUT2D eigenvalue weighted by atomic mass is 16.6. The molecule has 2 amide bonds. The molecule has 2 aromatic carbocycles. The maximum Gasteiger partial charge on any atom is 0.333 e. The normalized spacial score (nSPS) is 13.6. The number of non-ortho nitro benzene ring substituents is 1. The van der Waals surface area contributed by atoms with Gasteiger partial charge in [-0.2, -0.15) is 0 Å². The SMILES string of the molecule is CN(C)CCN1C(=O)c2cccc3cc([N+](=O)[O-])cc(c23)C1=O.O=C(O)CC(O)C(=O)O. The van der Waals surface area contributed by atoms with Gasteiger partial charge in [-0.15, -0.1) is 0 Å². The molecular weight excluding hydrogens is 426 g/mol. The standard InChI is InChI=1S/C16H15N3O4.C4H6O5/c1-17(2)6-7-18-15(20)12-5-3-4-10-8-11(19(22)23)9-13(14(10)12)16(18)21;5-2(4(8)9)1-3(6)7/h3-5,8-9H,6-7H2,1-2H3;2,5H,1H2,(H,6,7)(H,8,9). The van der Waals surface area contributed by atoms with Gasteiger partial charge in [0.2, 0.25) is 0 Å². The molecule has 32 heavy (non-hydrogen) atoms. The molecule has 170 valence electrons. The topological polar surface area (TPSA) is 179 Å². The van der Waals surface area contributed by atoms with Crippen molar-refractivity contribution >= 4 is 40.2 Å². The molecule has 1 aliphatic heterocycles. The number of nitrogens with zero attached hydrogens (tertiary/aromatic N) is 3. The second-order valence-electron chi connectivity index (χ2n) is 7.17. The maximum atomic E-state index is 12.7. The lowest BCUT2D eigenvalue weighted by Gasteiger charge is -2.28. The Kier molecular flexibility index (Phi) is 7.57. The summed E-state index contributed by atoms with van der Waals surface area (Å²) < 4.78 is 0. The van der Waals surface area contributed by atoms with Crippen LogP contribution in [0.2, 0.25) is 0 Å². The zero-order valence-electron chi connectivity index (χ0n) is 17.2. The van der Waals surface area contributed by atoms with E-state index in [2.05, 4.69) is 0 Å². The Hall–Kier alpha value is -3.90. The first kappa shape index (κ1) is 24.4. The predicted octanol–water partition coefficient (Wildman–Crippen LogP) is 0.812. The van der Waals surface area contributed by atoms with Crippen molar-refractivity contribution in [3.63, 3.8) is 0 Å². The summed E-state index contributed by atoms with van der Waals surface area (Å²) in [5.41, 5.74) is 0.466. The van der Waals surface area contributed by atoms with Crippen molar-refractivity contribution in [3.8, 4) is 0 Å². The lowest BCUT2D eigenvalue weighted by molar-refractivity contribution is -0.384. The van der Waals surface area contributed by atoms with Gasteiger partial charge in [-0.25, -0.2) is 4.79 Å². The molecule has 1 aliphatic rings. The fraction of sp³-hybridized carbons (Fsp3) is 0.300. The van der Waals surface area contributed by atoms with E-state index in [-0.39, 0.29) is 23.7 Å². The van der Waals surface area contributed by atoms with Crippen molar-refractivity contribution in [2.24, 2.45) is 0 Å². The number of carbonyl (C=O) groups excluding carboxylic acids is 2. The van der Waals surface area contributed by atoms with Crippen LogP contribution in [0.5, 0.6) is 0 Å². The molecule has 3 N–H and O–H groups in total. The predicted molar refractivity (Wildman–Crippen MR) is 110 cm³/mol. The fourth-order valence-corrected chi connectivity index (χ4v) is 3.00. The molecule has 0 aliphatic carbocycles. The van der Waals surface area contributed by atoms with Crippen LogP contribution in [-0.2, 0) is 9.59 Å². The van der Waals surface area contributed by atoms with Crippen LogP contribution < -0.4 is 0 Å². The Labute approximate surface area is 181 Å². The van der Waals surface area contributed by atoms with Gasteiger partial charge in [-0.05, 0) is 25.5 Å². The number of aliphatic hydroxyl groups excluding tert-OH is 1. The number of aliphatic hydroxyl groups is 1. The quantitative estimate of drug-likeness (QED) is 0.312. The smallest absolute Gasteiger partial charge is 0.333 e. The summed E-state index contributed by atoms with van der Waals surface area (Å²) in [7, 11) is 3.69. The van der Waals surface area contributed by atoms with Gasteiger partial charge in [0, 0.05) is 36.2 Å². The van der Waals surface area contributed by atoms with E-state index in [0.29, 0.717) is 22.9 Å². The molecule has 0 bridgehead atoms. The van der Waals surface area contributed by atoms with Gasteiger partial charge in [-0.1, -0.05) is 12.1 Å². The Morgan fingerprint density at radius 3 is 2.25 bits per heavy atom. The molecule has 1 atom stereocenters. The van der Waals surface area contributed by atoms with Crippen LogP contribution in [0.4, 0.5) is 5.69 Å². The molecule has 0 aromatic heterocycles. The Balaban J connectivity index is 0.000000344. The molecular formula is C20H21N3O9. The Bertz CT molecular complexity index is 1100. The highest BCUT2D eigenvalue weighted by Crippen LogP contribution is 2.33. The third-order valence-corrected chi connectivity index (χ3v) is 4.55. The van der Waals surface area contributed by atoms with Gasteiger partial charge in [0.15, 0.2) is 6.10 Å². The minimum Gasteiger partial charge on any atom is -0.481 e. The number of hydrogen-bond acceptors (Lipinski definition) is 8. The van der Waals surface area contributed by atoms with E-state index in [1.54, 1.807) is 18.2 Å². The second kappa shape index (κ2) is 9.94. The Morgan fingerprint density at radius 1 is 1.12 bits per heavy atom. The van der Waals surface area contributed by atoms with Crippen LogP contribution in [0.3, 0.4) is 0 Å². The average Bonchev–Trinajstić information content (AvgIpc) is 2.71.